The molecule has 0 saturated heterocycles. The van der Waals surface area contributed by atoms with Gasteiger partial charge in [0.2, 0.25) is 0 Å². The average molecular weight is 382 g/mol. The number of unbranched alkanes of at least 4 members (excludes halogenated alkanes) is 1. The van der Waals surface area contributed by atoms with Gasteiger partial charge in [-0.3, -0.25) is 9.11 Å². The Hall–Kier alpha value is -0.540. The lowest BCUT2D eigenvalue weighted by Crippen LogP contribution is -2.23. The molecule has 8 nitrogen and oxygen atoms in total. The fourth-order valence-corrected chi connectivity index (χ4v) is 0.224. The molecule has 22 heavy (non-hydrogen) atoms. The largest absolute Gasteiger partial charge is 0.396 e. The van der Waals surface area contributed by atoms with Crippen LogP contribution in [0.25, 0.3) is 0 Å². The summed E-state index contributed by atoms with van der Waals surface area (Å²) in [6.07, 6.45) is 1.44. The SMILES string of the molecule is CC(F)(F)S(=O)(=O)O.CC(F)(F)S(=O)(=O)O.OCCCCO. The molecular formula is C8H18F4O8S2. The molecule has 0 aliphatic carbocycles. The Kier molecular flexibility index (Phi) is 12.3. The summed E-state index contributed by atoms with van der Waals surface area (Å²) in [5.41, 5.74) is 0. The van der Waals surface area contributed by atoms with E-state index in [2.05, 4.69) is 0 Å². The Morgan fingerprint density at radius 1 is 0.727 bits per heavy atom. The molecule has 0 aromatic heterocycles. The van der Waals surface area contributed by atoms with E-state index in [1.807, 2.05) is 0 Å². The zero-order chi connectivity index (χ0) is 18.8. The quantitative estimate of drug-likeness (QED) is 0.309. The summed E-state index contributed by atoms with van der Waals surface area (Å²) < 4.78 is 98.6. The lowest BCUT2D eigenvalue weighted by Gasteiger charge is -2.02. The number of aliphatic hydroxyl groups is 2. The highest BCUT2D eigenvalue weighted by Crippen LogP contribution is 2.18. The van der Waals surface area contributed by atoms with Crippen LogP contribution >= 0.6 is 0 Å². The van der Waals surface area contributed by atoms with Crippen LogP contribution in [0.1, 0.15) is 26.7 Å². The summed E-state index contributed by atoms with van der Waals surface area (Å²) >= 11 is 0. The van der Waals surface area contributed by atoms with Crippen molar-refractivity contribution in [3.63, 3.8) is 0 Å². The highest BCUT2D eigenvalue weighted by molar-refractivity contribution is 7.87. The molecule has 0 aromatic rings. The van der Waals surface area contributed by atoms with E-state index in [0.717, 1.165) is 12.8 Å². The lowest BCUT2D eigenvalue weighted by atomic mass is 10.3. The van der Waals surface area contributed by atoms with Gasteiger partial charge in [0, 0.05) is 27.1 Å². The standard InChI is InChI=1S/C4H10O2.2C2H4F2O3S/c5-3-1-2-4-6;2*1-2(3,4)8(5,6)7/h5-6H,1-4H2;2*1H3,(H,5,6,7). The third-order valence-electron chi connectivity index (χ3n) is 1.47. The topological polar surface area (TPSA) is 149 Å². The maximum atomic E-state index is 11.4. The average Bonchev–Trinajstić information content (AvgIpc) is 2.22. The molecule has 14 heteroatoms. The van der Waals surface area contributed by atoms with Gasteiger partial charge < -0.3 is 10.2 Å². The highest BCUT2D eigenvalue weighted by Gasteiger charge is 2.37. The first kappa shape index (κ1) is 26.4. The molecule has 0 unspecified atom stereocenters. The summed E-state index contributed by atoms with van der Waals surface area (Å²) in [5, 5.41) is 8.10. The van der Waals surface area contributed by atoms with Crippen molar-refractivity contribution in [1.29, 1.82) is 0 Å². The molecule has 0 aliphatic heterocycles. The van der Waals surface area contributed by atoms with Gasteiger partial charge in [-0.25, -0.2) is 0 Å². The first-order chi connectivity index (χ1) is 9.41. The van der Waals surface area contributed by atoms with Crippen LogP contribution in [0.4, 0.5) is 17.6 Å². The number of aliphatic hydroxyl groups excluding tert-OH is 2. The van der Waals surface area contributed by atoms with Gasteiger partial charge in [0.15, 0.2) is 0 Å². The molecule has 0 fully saturated rings. The van der Waals surface area contributed by atoms with Crippen LogP contribution in [0.5, 0.6) is 0 Å². The zero-order valence-corrected chi connectivity index (χ0v) is 13.2. The van der Waals surface area contributed by atoms with Crippen LogP contribution in [-0.2, 0) is 20.2 Å². The fraction of sp³-hybridized carbons (Fsp3) is 1.00. The predicted molar refractivity (Wildman–Crippen MR) is 67.7 cm³/mol. The van der Waals surface area contributed by atoms with Gasteiger partial charge in [0.05, 0.1) is 0 Å². The molecule has 0 bridgehead atoms. The summed E-state index contributed by atoms with van der Waals surface area (Å²) in [7, 11) is -10.3. The van der Waals surface area contributed by atoms with E-state index >= 15 is 0 Å². The Labute approximate surface area is 125 Å². The summed E-state index contributed by atoms with van der Waals surface area (Å²) in [6.45, 7) is 0.589. The third-order valence-corrected chi connectivity index (χ3v) is 3.28. The Morgan fingerprint density at radius 3 is 0.909 bits per heavy atom. The van der Waals surface area contributed by atoms with E-state index in [0.29, 0.717) is 0 Å². The Bertz CT molecular complexity index is 431. The zero-order valence-electron chi connectivity index (χ0n) is 11.6. The van der Waals surface area contributed by atoms with Crippen molar-refractivity contribution in [2.75, 3.05) is 13.2 Å². The second-order valence-electron chi connectivity index (χ2n) is 3.72. The normalized spacial score (nSPS) is 12.6. The molecule has 0 aromatic carbocycles. The van der Waals surface area contributed by atoms with Gasteiger partial charge in [-0.15, -0.1) is 0 Å². The van der Waals surface area contributed by atoms with Crippen molar-refractivity contribution < 1.29 is 53.7 Å². The van der Waals surface area contributed by atoms with E-state index < -0.39 is 30.7 Å². The number of hydrogen-bond acceptors (Lipinski definition) is 6. The molecule has 4 N–H and O–H groups in total. The van der Waals surface area contributed by atoms with Crippen LogP contribution in [0.3, 0.4) is 0 Å². The smallest absolute Gasteiger partial charge is 0.367 e. The Morgan fingerprint density at radius 2 is 0.864 bits per heavy atom. The van der Waals surface area contributed by atoms with Gasteiger partial charge in [0.1, 0.15) is 0 Å². The maximum Gasteiger partial charge on any atom is 0.367 e. The molecule has 0 rings (SSSR count). The molecular weight excluding hydrogens is 364 g/mol. The van der Waals surface area contributed by atoms with E-state index in [1.165, 1.54) is 0 Å². The van der Waals surface area contributed by atoms with Crippen LogP contribution in [-0.4, -0.2) is 59.9 Å². The first-order valence-electron chi connectivity index (χ1n) is 5.33. The molecule has 0 radical (unpaired) electrons. The number of rotatable bonds is 5. The van der Waals surface area contributed by atoms with Crippen molar-refractivity contribution in [3.05, 3.63) is 0 Å². The monoisotopic (exact) mass is 382 g/mol. The van der Waals surface area contributed by atoms with Gasteiger partial charge in [-0.05, 0) is 12.8 Å². The highest BCUT2D eigenvalue weighted by atomic mass is 32.2. The second kappa shape index (κ2) is 10.3. The first-order valence-corrected chi connectivity index (χ1v) is 8.21. The van der Waals surface area contributed by atoms with Gasteiger partial charge >= 0.3 is 30.7 Å². The third kappa shape index (κ3) is 15.8. The van der Waals surface area contributed by atoms with E-state index in [1.54, 1.807) is 0 Å². The van der Waals surface area contributed by atoms with Crippen molar-refractivity contribution in [2.24, 2.45) is 0 Å². The lowest BCUT2D eigenvalue weighted by molar-refractivity contribution is 0.102. The second-order valence-corrected chi connectivity index (χ2v) is 7.05. The molecule has 0 heterocycles. The van der Waals surface area contributed by atoms with Crippen LogP contribution in [0, 0.1) is 0 Å². The van der Waals surface area contributed by atoms with Gasteiger partial charge in [-0.2, -0.15) is 34.4 Å². The van der Waals surface area contributed by atoms with E-state index in [4.69, 9.17) is 19.3 Å². The summed E-state index contributed by atoms with van der Waals surface area (Å²) in [6, 6.07) is 0. The van der Waals surface area contributed by atoms with E-state index in [-0.39, 0.29) is 27.1 Å². The van der Waals surface area contributed by atoms with Crippen molar-refractivity contribution in [1.82, 2.24) is 0 Å². The van der Waals surface area contributed by atoms with E-state index in [9.17, 15) is 34.4 Å². The molecule has 0 aliphatic rings. The van der Waals surface area contributed by atoms with Crippen LogP contribution in [0.2, 0.25) is 0 Å². The number of hydrogen-bond donors (Lipinski definition) is 4. The predicted octanol–water partition coefficient (Wildman–Crippen LogP) is 0.725. The minimum absolute atomic E-state index is 0.0995. The fourth-order valence-electron chi connectivity index (χ4n) is 0.224. The number of alkyl halides is 4. The van der Waals surface area contributed by atoms with Crippen LogP contribution < -0.4 is 0 Å². The minimum atomic E-state index is -5.17. The van der Waals surface area contributed by atoms with Gasteiger partial charge in [0.25, 0.3) is 0 Å². The van der Waals surface area contributed by atoms with Crippen molar-refractivity contribution >= 4 is 20.2 Å². The molecule has 0 spiro atoms. The summed E-state index contributed by atoms with van der Waals surface area (Å²) in [5.74, 6) is 0. The maximum absolute atomic E-state index is 11.4. The van der Waals surface area contributed by atoms with Gasteiger partial charge in [-0.1, -0.05) is 0 Å². The van der Waals surface area contributed by atoms with Crippen LogP contribution in [0.15, 0.2) is 0 Å². The molecule has 0 atom stereocenters. The number of halogens is 4. The minimum Gasteiger partial charge on any atom is -0.396 e. The molecule has 0 saturated carbocycles. The molecule has 138 valence electrons. The molecule has 0 amide bonds. The van der Waals surface area contributed by atoms with Crippen molar-refractivity contribution in [2.45, 2.75) is 37.2 Å². The summed E-state index contributed by atoms with van der Waals surface area (Å²) in [4.78, 5) is 0. The van der Waals surface area contributed by atoms with Crippen molar-refractivity contribution in [3.8, 4) is 0 Å². The Balaban J connectivity index is -0.000000249.